The van der Waals surface area contributed by atoms with Crippen LogP contribution in [0.15, 0.2) is 4.79 Å². The molecule has 0 aliphatic heterocycles. The monoisotopic (exact) mass is 171 g/mol. The number of carbonyl (C=O) groups excluding carboxylic acids is 1. The minimum Gasteiger partial charge on any atom is -0.368 e. The Balaban J connectivity index is 3.10. The minimum absolute atomic E-state index is 0.246. The van der Waals surface area contributed by atoms with E-state index in [9.17, 15) is 9.59 Å². The van der Waals surface area contributed by atoms with Gasteiger partial charge in [-0.05, 0) is 6.92 Å². The first-order chi connectivity index (χ1) is 5.52. The van der Waals surface area contributed by atoms with E-state index in [0.29, 0.717) is 5.82 Å². The Bertz CT molecular complexity index is 362. The molecule has 0 saturated carbocycles. The molecule has 0 radical (unpaired) electrons. The van der Waals surface area contributed by atoms with Gasteiger partial charge in [-0.1, -0.05) is 0 Å². The summed E-state index contributed by atoms with van der Waals surface area (Å²) in [6.07, 6.45) is 0. The van der Waals surface area contributed by atoms with Crippen LogP contribution in [0, 0.1) is 6.92 Å². The van der Waals surface area contributed by atoms with E-state index in [2.05, 4.69) is 5.10 Å². The van der Waals surface area contributed by atoms with Crippen molar-refractivity contribution < 1.29 is 4.79 Å². The smallest absolute Gasteiger partial charge is 0.365 e. The highest BCUT2D eigenvalue weighted by Crippen LogP contribution is 1.82. The van der Waals surface area contributed by atoms with E-state index in [1.807, 2.05) is 0 Å². The van der Waals surface area contributed by atoms with Crippen LogP contribution in [0.2, 0.25) is 0 Å². The molecular formula is C5H9N5O2. The molecule has 0 fully saturated rings. The number of amides is 1. The number of hydrogen-bond donors (Lipinski definition) is 2. The molecule has 4 N–H and O–H groups in total. The lowest BCUT2D eigenvalue weighted by Gasteiger charge is -1.91. The van der Waals surface area contributed by atoms with Crippen molar-refractivity contribution in [2.75, 3.05) is 5.84 Å². The van der Waals surface area contributed by atoms with E-state index in [0.717, 1.165) is 9.36 Å². The quantitative estimate of drug-likeness (QED) is 0.481. The highest BCUT2D eigenvalue weighted by Gasteiger charge is 2.07. The molecule has 0 atom stereocenters. The van der Waals surface area contributed by atoms with Gasteiger partial charge in [-0.3, -0.25) is 4.79 Å². The van der Waals surface area contributed by atoms with Gasteiger partial charge in [0.05, 0.1) is 0 Å². The molecule has 0 bridgehead atoms. The Morgan fingerprint density at radius 2 is 2.25 bits per heavy atom. The van der Waals surface area contributed by atoms with Crippen molar-refractivity contribution in [2.45, 2.75) is 13.5 Å². The first kappa shape index (κ1) is 8.31. The summed E-state index contributed by atoms with van der Waals surface area (Å²) in [5, 5.41) is 3.69. The van der Waals surface area contributed by atoms with Crippen molar-refractivity contribution in [3.8, 4) is 0 Å². The van der Waals surface area contributed by atoms with Gasteiger partial charge < -0.3 is 11.6 Å². The molecule has 0 aliphatic carbocycles. The van der Waals surface area contributed by atoms with Crippen molar-refractivity contribution in [3.63, 3.8) is 0 Å². The standard InChI is InChI=1S/C5H9N5O2/c1-3-8-9(2-4(6)11)5(12)10(3)7/h2,7H2,1H3,(H2,6,11). The Hall–Kier alpha value is -1.79. The van der Waals surface area contributed by atoms with Crippen LogP contribution in [0.3, 0.4) is 0 Å². The molecule has 1 aromatic rings. The number of aromatic nitrogens is 3. The second-order valence-electron chi connectivity index (χ2n) is 2.32. The van der Waals surface area contributed by atoms with Crippen LogP contribution in [0.5, 0.6) is 0 Å². The highest BCUT2D eigenvalue weighted by atomic mass is 16.2. The predicted octanol–water partition coefficient (Wildman–Crippen LogP) is -2.45. The third kappa shape index (κ3) is 1.29. The number of primary amides is 1. The SMILES string of the molecule is Cc1nn(CC(N)=O)c(=O)n1N. The zero-order chi connectivity index (χ0) is 9.30. The largest absolute Gasteiger partial charge is 0.368 e. The summed E-state index contributed by atoms with van der Waals surface area (Å²) in [7, 11) is 0. The van der Waals surface area contributed by atoms with Crippen LogP contribution >= 0.6 is 0 Å². The third-order valence-corrected chi connectivity index (χ3v) is 1.35. The Labute approximate surface area is 67.5 Å². The van der Waals surface area contributed by atoms with Crippen molar-refractivity contribution in [3.05, 3.63) is 16.3 Å². The summed E-state index contributed by atoms with van der Waals surface area (Å²) in [6.45, 7) is 1.31. The highest BCUT2D eigenvalue weighted by molar-refractivity contribution is 5.73. The average molecular weight is 171 g/mol. The summed E-state index contributed by atoms with van der Waals surface area (Å²) < 4.78 is 1.76. The number of nitrogen functional groups attached to an aromatic ring is 1. The number of carbonyl (C=O) groups is 1. The van der Waals surface area contributed by atoms with Gasteiger partial charge in [0.1, 0.15) is 12.4 Å². The van der Waals surface area contributed by atoms with Crippen LogP contribution in [-0.2, 0) is 11.3 Å². The first-order valence-corrected chi connectivity index (χ1v) is 3.22. The molecule has 1 aromatic heterocycles. The zero-order valence-electron chi connectivity index (χ0n) is 6.52. The third-order valence-electron chi connectivity index (χ3n) is 1.35. The van der Waals surface area contributed by atoms with Crippen LogP contribution in [0.25, 0.3) is 0 Å². The predicted molar refractivity (Wildman–Crippen MR) is 40.6 cm³/mol. The fourth-order valence-electron chi connectivity index (χ4n) is 0.779. The van der Waals surface area contributed by atoms with Gasteiger partial charge in [0, 0.05) is 0 Å². The van der Waals surface area contributed by atoms with E-state index >= 15 is 0 Å². The lowest BCUT2D eigenvalue weighted by molar-refractivity contribution is -0.118. The van der Waals surface area contributed by atoms with Crippen molar-refractivity contribution >= 4 is 5.91 Å². The van der Waals surface area contributed by atoms with Gasteiger partial charge in [0.2, 0.25) is 5.91 Å². The molecule has 7 nitrogen and oxygen atoms in total. The van der Waals surface area contributed by atoms with Gasteiger partial charge >= 0.3 is 5.69 Å². The molecule has 0 aliphatic rings. The maximum absolute atomic E-state index is 11.1. The first-order valence-electron chi connectivity index (χ1n) is 3.22. The number of nitrogens with two attached hydrogens (primary N) is 2. The second kappa shape index (κ2) is 2.68. The maximum atomic E-state index is 11.1. The van der Waals surface area contributed by atoms with Gasteiger partial charge in [0.25, 0.3) is 0 Å². The van der Waals surface area contributed by atoms with E-state index in [1.165, 1.54) is 0 Å². The second-order valence-corrected chi connectivity index (χ2v) is 2.32. The van der Waals surface area contributed by atoms with Gasteiger partial charge in [-0.2, -0.15) is 9.77 Å². The summed E-state index contributed by atoms with van der Waals surface area (Å²) in [6, 6.07) is 0. The summed E-state index contributed by atoms with van der Waals surface area (Å²) in [4.78, 5) is 21.5. The van der Waals surface area contributed by atoms with Gasteiger partial charge in [-0.15, -0.1) is 0 Å². The number of nitrogens with zero attached hydrogens (tertiary/aromatic N) is 3. The lowest BCUT2D eigenvalue weighted by Crippen LogP contribution is -2.33. The molecule has 1 rings (SSSR count). The maximum Gasteiger partial charge on any atom is 0.365 e. The van der Waals surface area contributed by atoms with Crippen LogP contribution in [0.1, 0.15) is 5.82 Å². The molecule has 0 unspecified atom stereocenters. The summed E-state index contributed by atoms with van der Waals surface area (Å²) in [5.41, 5.74) is 4.31. The Morgan fingerprint density at radius 3 is 2.58 bits per heavy atom. The molecule has 0 aromatic carbocycles. The van der Waals surface area contributed by atoms with E-state index in [-0.39, 0.29) is 6.54 Å². The number of rotatable bonds is 2. The number of hydrogen-bond acceptors (Lipinski definition) is 4. The van der Waals surface area contributed by atoms with Crippen molar-refractivity contribution in [1.29, 1.82) is 0 Å². The van der Waals surface area contributed by atoms with Gasteiger partial charge in [0.15, 0.2) is 0 Å². The van der Waals surface area contributed by atoms with Crippen LogP contribution in [0.4, 0.5) is 0 Å². The molecule has 1 heterocycles. The topological polar surface area (TPSA) is 109 Å². The van der Waals surface area contributed by atoms with E-state index in [4.69, 9.17) is 11.6 Å². The molecule has 0 spiro atoms. The van der Waals surface area contributed by atoms with E-state index < -0.39 is 11.6 Å². The molecule has 0 saturated heterocycles. The lowest BCUT2D eigenvalue weighted by atomic mass is 10.6. The molecular weight excluding hydrogens is 162 g/mol. The normalized spacial score (nSPS) is 10.1. The summed E-state index contributed by atoms with van der Waals surface area (Å²) >= 11 is 0. The van der Waals surface area contributed by atoms with Crippen molar-refractivity contribution in [1.82, 2.24) is 14.5 Å². The minimum atomic E-state index is -0.629. The molecule has 66 valence electrons. The van der Waals surface area contributed by atoms with Crippen molar-refractivity contribution in [2.24, 2.45) is 5.73 Å². The number of aryl methyl sites for hydroxylation is 1. The Morgan fingerprint density at radius 1 is 1.67 bits per heavy atom. The Kier molecular flexibility index (Phi) is 1.86. The fourth-order valence-corrected chi connectivity index (χ4v) is 0.779. The van der Waals surface area contributed by atoms with E-state index in [1.54, 1.807) is 6.92 Å². The summed E-state index contributed by atoms with van der Waals surface area (Å²) in [5.74, 6) is 4.95. The van der Waals surface area contributed by atoms with Crippen LogP contribution in [-0.4, -0.2) is 20.4 Å². The molecule has 12 heavy (non-hydrogen) atoms. The van der Waals surface area contributed by atoms with Gasteiger partial charge in [-0.25, -0.2) is 9.48 Å². The zero-order valence-corrected chi connectivity index (χ0v) is 6.52. The van der Waals surface area contributed by atoms with Crippen LogP contribution < -0.4 is 17.3 Å². The average Bonchev–Trinajstić information content (AvgIpc) is 2.17. The molecule has 1 amide bonds. The molecule has 7 heteroatoms. The fraction of sp³-hybridized carbons (Fsp3) is 0.400.